The number of carboxylic acids is 3. The van der Waals surface area contributed by atoms with Gasteiger partial charge in [-0.2, -0.15) is 0 Å². The standard InChI is InChI=1S/C16H18O9.C9H8O4.C9H8O3/c17-9-3-1-8(5-10(9)18)2-4-13(20)25-12-7-16(24,15(22)23)6-11(19)14(12)21;10-7-3-1-6(5-8(7)11)2-4-9(12)13;10-8-4-1-7(2-5-8)3-6-9(11)12/h1-5,11-12,14,17-19,21,24H,6-7H2,(H,22,23);1-5,10-11H,(H,12,13);1-6,10H,(H,11,12)/b2*4-2+;6-3+/t11-,12-,14-,16+;;/m1../s1. The Kier molecular flexibility index (Phi) is 14.5. The maximum atomic E-state index is 11.8. The van der Waals surface area contributed by atoms with Crippen molar-refractivity contribution in [1.82, 2.24) is 0 Å². The number of benzene rings is 3. The Hall–Kier alpha value is -6.36. The molecule has 11 N–H and O–H groups in total. The first-order chi connectivity index (χ1) is 23.4. The zero-order valence-electron chi connectivity index (χ0n) is 25.8. The molecular formula is C34H34O16. The maximum absolute atomic E-state index is 11.8. The van der Waals surface area contributed by atoms with Gasteiger partial charge in [-0.15, -0.1) is 0 Å². The molecule has 0 amide bonds. The average Bonchev–Trinajstić information content (AvgIpc) is 3.05. The first kappa shape index (κ1) is 39.8. The van der Waals surface area contributed by atoms with Crippen molar-refractivity contribution < 1.29 is 80.1 Å². The van der Waals surface area contributed by atoms with Gasteiger partial charge in [-0.05, 0) is 71.3 Å². The fraction of sp³-hybridized carbons (Fsp3) is 0.176. The van der Waals surface area contributed by atoms with Crippen molar-refractivity contribution in [2.75, 3.05) is 0 Å². The Morgan fingerprint density at radius 3 is 1.50 bits per heavy atom. The van der Waals surface area contributed by atoms with Crippen LogP contribution in [0.1, 0.15) is 29.5 Å². The van der Waals surface area contributed by atoms with E-state index in [4.69, 9.17) is 35.4 Å². The first-order valence-corrected chi connectivity index (χ1v) is 14.3. The molecule has 0 aliphatic heterocycles. The lowest BCUT2D eigenvalue weighted by molar-refractivity contribution is -0.196. The Morgan fingerprint density at radius 1 is 0.620 bits per heavy atom. The fourth-order valence-corrected chi connectivity index (χ4v) is 4.10. The lowest BCUT2D eigenvalue weighted by Gasteiger charge is -2.39. The van der Waals surface area contributed by atoms with E-state index >= 15 is 0 Å². The molecule has 1 aliphatic carbocycles. The van der Waals surface area contributed by atoms with Crippen molar-refractivity contribution in [2.45, 2.75) is 36.8 Å². The van der Waals surface area contributed by atoms with Gasteiger partial charge in [-0.25, -0.2) is 19.2 Å². The van der Waals surface area contributed by atoms with E-state index in [0.717, 1.165) is 23.8 Å². The van der Waals surface area contributed by atoms with Crippen LogP contribution in [-0.4, -0.2) is 104 Å². The minimum absolute atomic E-state index is 0.169. The van der Waals surface area contributed by atoms with Crippen LogP contribution in [0.4, 0.5) is 0 Å². The van der Waals surface area contributed by atoms with Crippen LogP contribution < -0.4 is 0 Å². The van der Waals surface area contributed by atoms with Crippen molar-refractivity contribution in [1.29, 1.82) is 0 Å². The van der Waals surface area contributed by atoms with Crippen LogP contribution in [0.15, 0.2) is 78.9 Å². The van der Waals surface area contributed by atoms with Crippen molar-refractivity contribution in [3.8, 4) is 28.7 Å². The number of ether oxygens (including phenoxy) is 1. The van der Waals surface area contributed by atoms with E-state index in [-0.39, 0.29) is 28.7 Å². The van der Waals surface area contributed by atoms with Crippen LogP contribution in [0, 0.1) is 0 Å². The summed E-state index contributed by atoms with van der Waals surface area (Å²) >= 11 is 0. The van der Waals surface area contributed by atoms with Gasteiger partial charge in [0.2, 0.25) is 0 Å². The van der Waals surface area contributed by atoms with Gasteiger partial charge < -0.3 is 60.9 Å². The Balaban J connectivity index is 0.000000290. The molecule has 3 aromatic carbocycles. The molecule has 4 rings (SSSR count). The van der Waals surface area contributed by atoms with Crippen molar-refractivity contribution in [2.24, 2.45) is 0 Å². The van der Waals surface area contributed by atoms with E-state index in [1.54, 1.807) is 12.1 Å². The number of esters is 1. The molecule has 266 valence electrons. The van der Waals surface area contributed by atoms with Gasteiger partial charge in [0.25, 0.3) is 0 Å². The Bertz CT molecular complexity index is 1740. The number of aliphatic hydroxyl groups excluding tert-OH is 2. The highest BCUT2D eigenvalue weighted by Crippen LogP contribution is 2.32. The Morgan fingerprint density at radius 2 is 1.06 bits per heavy atom. The second-order valence-corrected chi connectivity index (χ2v) is 10.5. The number of phenols is 5. The highest BCUT2D eigenvalue weighted by molar-refractivity contribution is 5.88. The van der Waals surface area contributed by atoms with Crippen LogP contribution in [0.2, 0.25) is 0 Å². The molecule has 16 heteroatoms. The quantitative estimate of drug-likeness (QED) is 0.0911. The summed E-state index contributed by atoms with van der Waals surface area (Å²) in [5.74, 6) is -5.62. The van der Waals surface area contributed by atoms with Crippen LogP contribution in [-0.2, 0) is 23.9 Å². The molecule has 0 heterocycles. The summed E-state index contributed by atoms with van der Waals surface area (Å²) in [4.78, 5) is 43.1. The predicted octanol–water partition coefficient (Wildman–Crippen LogP) is 2.04. The number of carbonyl (C=O) groups is 4. The van der Waals surface area contributed by atoms with E-state index in [1.165, 1.54) is 66.8 Å². The fourth-order valence-electron chi connectivity index (χ4n) is 4.10. The molecule has 0 saturated heterocycles. The molecule has 50 heavy (non-hydrogen) atoms. The summed E-state index contributed by atoms with van der Waals surface area (Å²) in [5, 5.41) is 100. The molecule has 1 fully saturated rings. The van der Waals surface area contributed by atoms with Crippen LogP contribution in [0.5, 0.6) is 28.7 Å². The minimum atomic E-state index is -2.31. The molecule has 16 nitrogen and oxygen atoms in total. The maximum Gasteiger partial charge on any atom is 0.335 e. The number of aromatic hydroxyl groups is 5. The van der Waals surface area contributed by atoms with Gasteiger partial charge in [0.15, 0.2) is 28.6 Å². The third-order valence-corrected chi connectivity index (χ3v) is 6.67. The topological polar surface area (TPSA) is 300 Å². The van der Waals surface area contributed by atoms with E-state index in [2.05, 4.69) is 0 Å². The van der Waals surface area contributed by atoms with Crippen molar-refractivity contribution >= 4 is 42.1 Å². The summed E-state index contributed by atoms with van der Waals surface area (Å²) in [7, 11) is 0. The molecule has 4 atom stereocenters. The smallest absolute Gasteiger partial charge is 0.335 e. The minimum Gasteiger partial charge on any atom is -0.508 e. The monoisotopic (exact) mass is 698 g/mol. The third kappa shape index (κ3) is 13.0. The van der Waals surface area contributed by atoms with E-state index in [0.29, 0.717) is 11.1 Å². The van der Waals surface area contributed by atoms with Gasteiger partial charge in [-0.1, -0.05) is 24.3 Å². The summed E-state index contributed by atoms with van der Waals surface area (Å²) < 4.78 is 4.92. The molecule has 1 saturated carbocycles. The zero-order valence-corrected chi connectivity index (χ0v) is 25.8. The number of rotatable bonds is 8. The average molecular weight is 699 g/mol. The first-order valence-electron chi connectivity index (χ1n) is 14.3. The van der Waals surface area contributed by atoms with Crippen LogP contribution in [0.25, 0.3) is 18.2 Å². The van der Waals surface area contributed by atoms with Gasteiger partial charge >= 0.3 is 23.9 Å². The van der Waals surface area contributed by atoms with Crippen LogP contribution in [0.3, 0.4) is 0 Å². The molecule has 0 bridgehead atoms. The van der Waals surface area contributed by atoms with Gasteiger partial charge in [0, 0.05) is 31.1 Å². The van der Waals surface area contributed by atoms with Crippen LogP contribution >= 0.6 is 0 Å². The lowest BCUT2D eigenvalue weighted by Crippen LogP contribution is -2.57. The normalized spacial score (nSPS) is 19.9. The molecule has 0 radical (unpaired) electrons. The SMILES string of the molecule is O=C(/C=C/c1ccc(O)c(O)c1)O[C@@H]1C[C@](O)(C(=O)O)C[C@@H](O)[C@H]1O.O=C(O)/C=C/c1ccc(O)c(O)c1.O=C(O)/C=C/c1ccc(O)cc1. The highest BCUT2D eigenvalue weighted by Gasteiger charge is 2.50. The van der Waals surface area contributed by atoms with E-state index in [1.807, 2.05) is 0 Å². The molecule has 1 aliphatic rings. The van der Waals surface area contributed by atoms with E-state index < -0.39 is 60.6 Å². The summed E-state index contributed by atoms with van der Waals surface area (Å²) in [6, 6.07) is 14.2. The predicted molar refractivity (Wildman–Crippen MR) is 174 cm³/mol. The number of aliphatic carboxylic acids is 3. The molecule has 3 aromatic rings. The molecule has 0 unspecified atom stereocenters. The second-order valence-electron chi connectivity index (χ2n) is 10.5. The zero-order chi connectivity index (χ0) is 37.6. The highest BCUT2D eigenvalue weighted by atomic mass is 16.6. The van der Waals surface area contributed by atoms with Crippen molar-refractivity contribution in [3.63, 3.8) is 0 Å². The van der Waals surface area contributed by atoms with Gasteiger partial charge in [0.1, 0.15) is 18.0 Å². The third-order valence-electron chi connectivity index (χ3n) is 6.67. The van der Waals surface area contributed by atoms with Gasteiger partial charge in [0.05, 0.1) is 6.10 Å². The lowest BCUT2D eigenvalue weighted by atomic mass is 9.79. The molecule has 0 spiro atoms. The summed E-state index contributed by atoms with van der Waals surface area (Å²) in [6.07, 6.45) is 1.34. The summed E-state index contributed by atoms with van der Waals surface area (Å²) in [6.45, 7) is 0. The summed E-state index contributed by atoms with van der Waals surface area (Å²) in [5.41, 5.74) is -0.679. The molecule has 0 aromatic heterocycles. The molecular weight excluding hydrogens is 664 g/mol. The number of hydrogen-bond donors (Lipinski definition) is 11. The number of aliphatic hydroxyl groups is 3. The Labute approximate surface area is 283 Å². The largest absolute Gasteiger partial charge is 0.508 e. The number of phenolic OH excluding ortho intramolecular Hbond substituents is 5. The van der Waals surface area contributed by atoms with Gasteiger partial charge in [-0.3, -0.25) is 0 Å². The number of carbonyl (C=O) groups excluding carboxylic acids is 1. The van der Waals surface area contributed by atoms with Crippen molar-refractivity contribution in [3.05, 3.63) is 95.6 Å². The number of hydrogen-bond acceptors (Lipinski definition) is 13. The second kappa shape index (κ2) is 18.3. The number of carboxylic acid groups (broad SMARTS) is 3. The van der Waals surface area contributed by atoms with E-state index in [9.17, 15) is 44.7 Å².